The van der Waals surface area contributed by atoms with Crippen molar-refractivity contribution >= 4 is 11.4 Å². The fourth-order valence-corrected chi connectivity index (χ4v) is 2.98. The Morgan fingerprint density at radius 1 is 1.19 bits per heavy atom. The molecule has 106 valence electrons. The molecular weight excluding hydrogens is 260 g/mol. The van der Waals surface area contributed by atoms with Gasteiger partial charge in [-0.25, -0.2) is 0 Å². The maximum absolute atomic E-state index is 10.0. The molecule has 0 aromatic heterocycles. The Balaban J connectivity index is 2.15. The second-order valence-corrected chi connectivity index (χ2v) is 5.45. The van der Waals surface area contributed by atoms with Crippen LogP contribution in [0.4, 0.5) is 11.4 Å². The number of rotatable bonds is 2. The summed E-state index contributed by atoms with van der Waals surface area (Å²) in [6.45, 7) is 2.67. The van der Waals surface area contributed by atoms with Crippen LogP contribution in [0.15, 0.2) is 42.5 Å². The molecule has 1 N–H and O–H groups in total. The van der Waals surface area contributed by atoms with Crippen molar-refractivity contribution in [2.75, 3.05) is 11.4 Å². The molecule has 0 bridgehead atoms. The summed E-state index contributed by atoms with van der Waals surface area (Å²) in [5.74, 6) is 0. The molecule has 0 saturated heterocycles. The van der Waals surface area contributed by atoms with E-state index in [2.05, 4.69) is 29.2 Å². The van der Waals surface area contributed by atoms with Crippen LogP contribution in [0.1, 0.15) is 36.1 Å². The lowest BCUT2D eigenvalue weighted by molar-refractivity contribution is 0.199. The van der Waals surface area contributed by atoms with Crippen LogP contribution in [0.5, 0.6) is 0 Å². The third-order valence-electron chi connectivity index (χ3n) is 4.01. The van der Waals surface area contributed by atoms with Crippen molar-refractivity contribution in [2.45, 2.75) is 25.9 Å². The number of hydrogen-bond donors (Lipinski definition) is 1. The lowest BCUT2D eigenvalue weighted by Crippen LogP contribution is -2.25. The summed E-state index contributed by atoms with van der Waals surface area (Å²) >= 11 is 0. The van der Waals surface area contributed by atoms with E-state index in [1.165, 1.54) is 11.3 Å². The molecule has 1 heterocycles. The summed E-state index contributed by atoms with van der Waals surface area (Å²) in [5.41, 5.74) is 4.93. The zero-order valence-corrected chi connectivity index (χ0v) is 12.1. The van der Waals surface area contributed by atoms with E-state index in [-0.39, 0.29) is 0 Å². The highest BCUT2D eigenvalue weighted by Gasteiger charge is 2.21. The number of nitrogens with zero attached hydrogens (tertiary/aromatic N) is 2. The summed E-state index contributed by atoms with van der Waals surface area (Å²) in [4.78, 5) is 2.22. The molecular formula is C18H18N2O. The molecule has 0 saturated carbocycles. The van der Waals surface area contributed by atoms with Gasteiger partial charge in [0.1, 0.15) is 0 Å². The molecule has 0 amide bonds. The molecule has 3 rings (SSSR count). The van der Waals surface area contributed by atoms with E-state index in [4.69, 9.17) is 5.26 Å². The van der Waals surface area contributed by atoms with Crippen molar-refractivity contribution in [3.63, 3.8) is 0 Å². The van der Waals surface area contributed by atoms with Gasteiger partial charge in [-0.15, -0.1) is 0 Å². The highest BCUT2D eigenvalue weighted by Crippen LogP contribution is 2.37. The number of aliphatic hydroxyl groups excluding tert-OH is 1. The maximum atomic E-state index is 10.0. The van der Waals surface area contributed by atoms with Crippen LogP contribution in [0, 0.1) is 11.3 Å². The third kappa shape index (κ3) is 2.51. The standard InChI is InChI=1S/C18H18N2O/c1-13(21)16-9-8-14(12-19)11-18(16)20-10-4-6-15-5-2-3-7-17(15)20/h2-3,5,7-9,11,13,21H,4,6,10H2,1H3/t13-/m1/s1. The molecule has 3 heteroatoms. The highest BCUT2D eigenvalue weighted by atomic mass is 16.3. The Morgan fingerprint density at radius 3 is 2.76 bits per heavy atom. The molecule has 0 unspecified atom stereocenters. The number of benzene rings is 2. The molecule has 1 aliphatic rings. The monoisotopic (exact) mass is 278 g/mol. The first-order valence-corrected chi connectivity index (χ1v) is 7.28. The lowest BCUT2D eigenvalue weighted by atomic mass is 9.98. The van der Waals surface area contributed by atoms with Gasteiger partial charge in [-0.1, -0.05) is 24.3 Å². The zero-order valence-electron chi connectivity index (χ0n) is 12.1. The van der Waals surface area contributed by atoms with Crippen molar-refractivity contribution in [1.82, 2.24) is 0 Å². The minimum absolute atomic E-state index is 0.554. The fourth-order valence-electron chi connectivity index (χ4n) is 2.98. The average molecular weight is 278 g/mol. The summed E-state index contributed by atoms with van der Waals surface area (Å²) in [5, 5.41) is 19.2. The number of hydrogen-bond acceptors (Lipinski definition) is 3. The first kappa shape index (κ1) is 13.7. The topological polar surface area (TPSA) is 47.3 Å². The fraction of sp³-hybridized carbons (Fsp3) is 0.278. The van der Waals surface area contributed by atoms with Crippen LogP contribution >= 0.6 is 0 Å². The van der Waals surface area contributed by atoms with Crippen LogP contribution in [-0.2, 0) is 6.42 Å². The van der Waals surface area contributed by atoms with Crippen LogP contribution in [0.3, 0.4) is 0 Å². The van der Waals surface area contributed by atoms with E-state index < -0.39 is 6.10 Å². The Labute approximate surface area is 125 Å². The van der Waals surface area contributed by atoms with E-state index >= 15 is 0 Å². The Hall–Kier alpha value is -2.31. The van der Waals surface area contributed by atoms with Gasteiger partial charge in [0, 0.05) is 23.5 Å². The zero-order chi connectivity index (χ0) is 14.8. The van der Waals surface area contributed by atoms with E-state index in [0.29, 0.717) is 5.56 Å². The molecule has 3 nitrogen and oxygen atoms in total. The second-order valence-electron chi connectivity index (χ2n) is 5.45. The van der Waals surface area contributed by atoms with E-state index in [9.17, 15) is 5.11 Å². The van der Waals surface area contributed by atoms with Crippen molar-refractivity contribution in [1.29, 1.82) is 5.26 Å². The van der Waals surface area contributed by atoms with E-state index in [1.54, 1.807) is 13.0 Å². The summed E-state index contributed by atoms with van der Waals surface area (Å²) < 4.78 is 0. The lowest BCUT2D eigenvalue weighted by Gasteiger charge is -2.33. The van der Waals surface area contributed by atoms with Crippen molar-refractivity contribution in [3.8, 4) is 6.07 Å². The molecule has 2 aromatic rings. The Bertz CT molecular complexity index is 701. The van der Waals surface area contributed by atoms with Gasteiger partial charge in [-0.05, 0) is 43.5 Å². The summed E-state index contributed by atoms with van der Waals surface area (Å²) in [6.07, 6.45) is 1.60. The van der Waals surface area contributed by atoms with Crippen molar-refractivity contribution < 1.29 is 5.11 Å². The SMILES string of the molecule is C[C@@H](O)c1ccc(C#N)cc1N1CCCc2ccccc21. The van der Waals surface area contributed by atoms with Crippen LogP contribution in [0.25, 0.3) is 0 Å². The van der Waals surface area contributed by atoms with Gasteiger partial charge < -0.3 is 10.0 Å². The number of fused-ring (bicyclic) bond motifs is 1. The predicted octanol–water partition coefficient (Wildman–Crippen LogP) is 3.70. The number of aryl methyl sites for hydroxylation is 1. The quantitative estimate of drug-likeness (QED) is 0.911. The second kappa shape index (κ2) is 5.59. The average Bonchev–Trinajstić information content (AvgIpc) is 2.53. The van der Waals surface area contributed by atoms with Gasteiger partial charge in [-0.3, -0.25) is 0 Å². The van der Waals surface area contributed by atoms with Crippen LogP contribution in [0.2, 0.25) is 0 Å². The van der Waals surface area contributed by atoms with Gasteiger partial charge in [0.15, 0.2) is 0 Å². The maximum Gasteiger partial charge on any atom is 0.0992 e. The molecule has 1 atom stereocenters. The van der Waals surface area contributed by atoms with Crippen molar-refractivity contribution in [2.24, 2.45) is 0 Å². The van der Waals surface area contributed by atoms with Gasteiger partial charge in [0.05, 0.1) is 17.7 Å². The number of aliphatic hydroxyl groups is 1. The van der Waals surface area contributed by atoms with Crippen molar-refractivity contribution in [3.05, 3.63) is 59.2 Å². The predicted molar refractivity (Wildman–Crippen MR) is 83.6 cm³/mol. The van der Waals surface area contributed by atoms with E-state index in [1.807, 2.05) is 18.2 Å². The largest absolute Gasteiger partial charge is 0.389 e. The van der Waals surface area contributed by atoms with Crippen LogP contribution in [-0.4, -0.2) is 11.7 Å². The van der Waals surface area contributed by atoms with E-state index in [0.717, 1.165) is 30.6 Å². The first-order valence-electron chi connectivity index (χ1n) is 7.28. The number of nitriles is 1. The minimum Gasteiger partial charge on any atom is -0.389 e. The smallest absolute Gasteiger partial charge is 0.0992 e. The summed E-state index contributed by atoms with van der Waals surface area (Å²) in [6, 6.07) is 16.0. The molecule has 0 spiro atoms. The molecule has 2 aromatic carbocycles. The summed E-state index contributed by atoms with van der Waals surface area (Å²) in [7, 11) is 0. The molecule has 0 radical (unpaired) electrons. The minimum atomic E-state index is -0.554. The first-order chi connectivity index (χ1) is 10.2. The van der Waals surface area contributed by atoms with Gasteiger partial charge in [-0.2, -0.15) is 5.26 Å². The van der Waals surface area contributed by atoms with Crippen LogP contribution < -0.4 is 4.90 Å². The highest BCUT2D eigenvalue weighted by molar-refractivity contribution is 5.71. The van der Waals surface area contributed by atoms with Gasteiger partial charge in [0.2, 0.25) is 0 Å². The molecule has 0 fully saturated rings. The Kier molecular flexibility index (Phi) is 3.64. The number of para-hydroxylation sites is 1. The molecule has 0 aliphatic carbocycles. The van der Waals surface area contributed by atoms with Gasteiger partial charge in [0.25, 0.3) is 0 Å². The third-order valence-corrected chi connectivity index (χ3v) is 4.01. The Morgan fingerprint density at radius 2 is 2.00 bits per heavy atom. The van der Waals surface area contributed by atoms with Gasteiger partial charge >= 0.3 is 0 Å². The normalized spacial score (nSPS) is 15.2. The molecule has 1 aliphatic heterocycles. The molecule has 21 heavy (non-hydrogen) atoms. The number of anilines is 2.